The van der Waals surface area contributed by atoms with E-state index in [1.165, 1.54) is 0 Å². The minimum absolute atomic E-state index is 0.00170. The summed E-state index contributed by atoms with van der Waals surface area (Å²) in [6, 6.07) is -1.27. The second-order valence-corrected chi connectivity index (χ2v) is 14.2. The number of nitrogens with zero attached hydrogens (tertiary/aromatic N) is 3. The highest BCUT2D eigenvalue weighted by Gasteiger charge is 2.71. The fourth-order valence-corrected chi connectivity index (χ4v) is 9.09. The Hall–Kier alpha value is -1.80. The van der Waals surface area contributed by atoms with E-state index in [0.717, 1.165) is 12.8 Å². The molecule has 0 radical (unpaired) electrons. The van der Waals surface area contributed by atoms with Crippen LogP contribution in [0.2, 0.25) is 0 Å². The zero-order valence-electron chi connectivity index (χ0n) is 22.9. The number of aliphatic hydroxyl groups is 1. The van der Waals surface area contributed by atoms with E-state index < -0.39 is 34.2 Å². The van der Waals surface area contributed by atoms with E-state index in [4.69, 9.17) is 0 Å². The van der Waals surface area contributed by atoms with Gasteiger partial charge in [-0.05, 0) is 39.0 Å². The molecule has 0 aliphatic carbocycles. The number of likely N-dealkylation sites (tertiary alicyclic amines) is 1. The summed E-state index contributed by atoms with van der Waals surface area (Å²) in [6.45, 7) is 16.0. The molecule has 8 heteroatoms. The molecule has 6 atom stereocenters. The van der Waals surface area contributed by atoms with E-state index in [-0.39, 0.29) is 35.0 Å². The van der Waals surface area contributed by atoms with Gasteiger partial charge in [-0.15, -0.1) is 11.8 Å². The monoisotopic (exact) mass is 517 g/mol. The number of rotatable bonds is 6. The van der Waals surface area contributed by atoms with Gasteiger partial charge in [0, 0.05) is 30.4 Å². The Bertz CT molecular complexity index is 970. The van der Waals surface area contributed by atoms with Gasteiger partial charge in [0.15, 0.2) is 0 Å². The summed E-state index contributed by atoms with van der Waals surface area (Å²) in [4.78, 5) is 47.8. The highest BCUT2D eigenvalue weighted by atomic mass is 32.2. The van der Waals surface area contributed by atoms with Gasteiger partial charge in [0.05, 0.1) is 29.2 Å². The van der Waals surface area contributed by atoms with Crippen molar-refractivity contribution in [3.63, 3.8) is 0 Å². The number of carbonyl (C=O) groups is 3. The molecule has 0 aromatic rings. The molecule has 1 N–H and O–H groups in total. The Balaban J connectivity index is 1.82. The Labute approximate surface area is 220 Å². The Kier molecular flexibility index (Phi) is 7.19. The maximum atomic E-state index is 14.5. The van der Waals surface area contributed by atoms with Crippen molar-refractivity contribution >= 4 is 29.5 Å². The SMILES string of the molecule is CCCN1CC=C[C@@H]2S[C@]34C=CCN(C(C)(C)CC(C)(C)C)C(=O)C3N([C@H](C)CO)C(=O)[C@@H]4[C@@H]2C1=O. The predicted octanol–water partition coefficient (Wildman–Crippen LogP) is 3.09. The zero-order valence-corrected chi connectivity index (χ0v) is 23.7. The van der Waals surface area contributed by atoms with Crippen molar-refractivity contribution in [1.82, 2.24) is 14.7 Å². The molecular formula is C28H43N3O4S. The van der Waals surface area contributed by atoms with Gasteiger partial charge in [-0.3, -0.25) is 14.4 Å². The number of amides is 3. The molecular weight excluding hydrogens is 474 g/mol. The first kappa shape index (κ1) is 27.2. The fraction of sp³-hybridized carbons (Fsp3) is 0.750. The molecule has 2 fully saturated rings. The van der Waals surface area contributed by atoms with Crippen LogP contribution in [-0.2, 0) is 14.4 Å². The Morgan fingerprint density at radius 3 is 2.39 bits per heavy atom. The molecule has 4 aliphatic heterocycles. The maximum absolute atomic E-state index is 14.5. The second-order valence-electron chi connectivity index (χ2n) is 12.7. The third-order valence-corrected chi connectivity index (χ3v) is 9.85. The van der Waals surface area contributed by atoms with Gasteiger partial charge in [0.2, 0.25) is 17.7 Å². The largest absolute Gasteiger partial charge is 0.394 e. The van der Waals surface area contributed by atoms with Crippen LogP contribution in [0, 0.1) is 17.3 Å². The van der Waals surface area contributed by atoms with Crippen molar-refractivity contribution in [3.8, 4) is 0 Å². The molecule has 1 spiro atoms. The lowest BCUT2D eigenvalue weighted by molar-refractivity contribution is -0.149. The van der Waals surface area contributed by atoms with Crippen molar-refractivity contribution in [3.05, 3.63) is 24.3 Å². The molecule has 0 aromatic carbocycles. The van der Waals surface area contributed by atoms with E-state index >= 15 is 0 Å². The van der Waals surface area contributed by atoms with Crippen LogP contribution in [0.5, 0.6) is 0 Å². The van der Waals surface area contributed by atoms with Gasteiger partial charge in [-0.1, -0.05) is 52.0 Å². The van der Waals surface area contributed by atoms with E-state index in [2.05, 4.69) is 46.8 Å². The van der Waals surface area contributed by atoms with Crippen molar-refractivity contribution in [2.75, 3.05) is 26.2 Å². The molecule has 36 heavy (non-hydrogen) atoms. The van der Waals surface area contributed by atoms with Crippen LogP contribution < -0.4 is 0 Å². The molecule has 0 bridgehead atoms. The van der Waals surface area contributed by atoms with Crippen LogP contribution in [-0.4, -0.2) is 91.4 Å². The van der Waals surface area contributed by atoms with Crippen molar-refractivity contribution in [1.29, 1.82) is 0 Å². The van der Waals surface area contributed by atoms with E-state index in [9.17, 15) is 19.5 Å². The normalized spacial score (nSPS) is 33.4. The van der Waals surface area contributed by atoms with Crippen molar-refractivity contribution in [2.45, 2.75) is 88.9 Å². The maximum Gasteiger partial charge on any atom is 0.247 e. The molecule has 2 saturated heterocycles. The zero-order chi connectivity index (χ0) is 26.6. The first-order valence-corrected chi connectivity index (χ1v) is 14.2. The average Bonchev–Trinajstić information content (AvgIpc) is 3.09. The number of hydrogen-bond acceptors (Lipinski definition) is 5. The van der Waals surface area contributed by atoms with Gasteiger partial charge < -0.3 is 19.8 Å². The molecule has 0 aromatic heterocycles. The summed E-state index contributed by atoms with van der Waals surface area (Å²) in [7, 11) is 0. The topological polar surface area (TPSA) is 81.2 Å². The smallest absolute Gasteiger partial charge is 0.247 e. The van der Waals surface area contributed by atoms with Gasteiger partial charge in [-0.25, -0.2) is 0 Å². The van der Waals surface area contributed by atoms with Gasteiger partial charge in [0.1, 0.15) is 6.04 Å². The molecule has 200 valence electrons. The van der Waals surface area contributed by atoms with E-state index in [0.29, 0.717) is 19.6 Å². The second kappa shape index (κ2) is 9.50. The third kappa shape index (κ3) is 4.32. The molecule has 4 heterocycles. The molecule has 4 aliphatic rings. The lowest BCUT2D eigenvalue weighted by Gasteiger charge is -2.45. The van der Waals surface area contributed by atoms with Crippen LogP contribution in [0.3, 0.4) is 0 Å². The minimum atomic E-state index is -0.839. The highest BCUT2D eigenvalue weighted by Crippen LogP contribution is 2.61. The van der Waals surface area contributed by atoms with Crippen LogP contribution >= 0.6 is 11.8 Å². The number of aliphatic hydroxyl groups excluding tert-OH is 1. The molecule has 7 nitrogen and oxygen atoms in total. The molecule has 4 rings (SSSR count). The number of hydrogen-bond donors (Lipinski definition) is 1. The summed E-state index contributed by atoms with van der Waals surface area (Å²) in [5.41, 5.74) is -0.416. The van der Waals surface area contributed by atoms with Crippen molar-refractivity contribution < 1.29 is 19.5 Å². The van der Waals surface area contributed by atoms with Crippen LogP contribution in [0.4, 0.5) is 0 Å². The first-order chi connectivity index (χ1) is 16.8. The third-order valence-electron chi connectivity index (χ3n) is 8.11. The summed E-state index contributed by atoms with van der Waals surface area (Å²) < 4.78 is -0.839. The van der Waals surface area contributed by atoms with Gasteiger partial charge in [-0.2, -0.15) is 0 Å². The van der Waals surface area contributed by atoms with E-state index in [1.54, 1.807) is 23.6 Å². The highest BCUT2D eigenvalue weighted by molar-refractivity contribution is 8.02. The Morgan fingerprint density at radius 2 is 1.78 bits per heavy atom. The Morgan fingerprint density at radius 1 is 1.08 bits per heavy atom. The van der Waals surface area contributed by atoms with Crippen LogP contribution in [0.25, 0.3) is 0 Å². The summed E-state index contributed by atoms with van der Waals surface area (Å²) in [6.07, 6.45) is 9.85. The van der Waals surface area contributed by atoms with E-state index in [1.807, 2.05) is 28.9 Å². The van der Waals surface area contributed by atoms with Crippen LogP contribution in [0.15, 0.2) is 24.3 Å². The summed E-state index contributed by atoms with van der Waals surface area (Å²) >= 11 is 1.60. The lowest BCUT2D eigenvalue weighted by Crippen LogP contribution is -2.60. The van der Waals surface area contributed by atoms with Gasteiger partial charge >= 0.3 is 0 Å². The fourth-order valence-electron chi connectivity index (χ4n) is 7.10. The lowest BCUT2D eigenvalue weighted by atomic mass is 9.77. The quantitative estimate of drug-likeness (QED) is 0.548. The molecule has 1 unspecified atom stereocenters. The summed E-state index contributed by atoms with van der Waals surface area (Å²) in [5.74, 6) is -1.42. The number of carbonyl (C=O) groups excluding carboxylic acids is 3. The van der Waals surface area contributed by atoms with Crippen LogP contribution in [0.1, 0.15) is 61.3 Å². The first-order valence-electron chi connectivity index (χ1n) is 13.3. The molecule has 0 saturated carbocycles. The minimum Gasteiger partial charge on any atom is -0.394 e. The number of fused-ring (bicyclic) bond motifs is 2. The summed E-state index contributed by atoms with van der Waals surface area (Å²) in [5, 5.41) is 9.95. The predicted molar refractivity (Wildman–Crippen MR) is 143 cm³/mol. The molecule has 3 amide bonds. The van der Waals surface area contributed by atoms with Crippen molar-refractivity contribution in [2.24, 2.45) is 17.3 Å². The standard InChI is InChI=1S/C28H43N3O4S/c1-8-13-29-14-9-11-19-20(23(29)33)21-24(34)31(18(2)16-32)22-25(35)30(15-10-12-28(21,22)36-19)27(6,7)17-26(3,4)5/h9-12,18-22,32H,8,13-17H2,1-7H3/t18-,19+,20-,21+,22?,28+/m1/s1. The number of thioether (sulfide) groups is 1. The van der Waals surface area contributed by atoms with Gasteiger partial charge in [0.25, 0.3) is 0 Å². The average molecular weight is 518 g/mol.